The number of nitro groups is 1. The standard InChI is InChI=1S/C14H17ClN2O4/c15-12-8-11(17(20)21)4-5-13(12)16-7-1-2-10(9-16)3-6-14(18)19/h4-5,8,10H,1-3,6-7,9H2,(H,18,19). The second-order valence-electron chi connectivity index (χ2n) is 5.28. The lowest BCUT2D eigenvalue weighted by Gasteiger charge is -2.34. The van der Waals surface area contributed by atoms with Gasteiger partial charge in [-0.3, -0.25) is 14.9 Å². The number of aliphatic carboxylic acids is 1. The van der Waals surface area contributed by atoms with Gasteiger partial charge in [0, 0.05) is 31.6 Å². The highest BCUT2D eigenvalue weighted by atomic mass is 35.5. The van der Waals surface area contributed by atoms with E-state index in [-0.39, 0.29) is 12.1 Å². The fraction of sp³-hybridized carbons (Fsp3) is 0.500. The van der Waals surface area contributed by atoms with E-state index in [9.17, 15) is 14.9 Å². The third-order valence-corrected chi connectivity index (χ3v) is 4.07. The van der Waals surface area contributed by atoms with Gasteiger partial charge in [-0.15, -0.1) is 0 Å². The molecular formula is C14H17ClN2O4. The van der Waals surface area contributed by atoms with Crippen molar-refractivity contribution in [2.45, 2.75) is 25.7 Å². The van der Waals surface area contributed by atoms with Gasteiger partial charge >= 0.3 is 5.97 Å². The highest BCUT2D eigenvalue weighted by Crippen LogP contribution is 2.33. The van der Waals surface area contributed by atoms with Crippen LogP contribution in [0.15, 0.2) is 18.2 Å². The minimum absolute atomic E-state index is 0.0248. The van der Waals surface area contributed by atoms with Gasteiger partial charge in [-0.25, -0.2) is 0 Å². The lowest BCUT2D eigenvalue weighted by Crippen LogP contribution is -2.35. The van der Waals surface area contributed by atoms with Crippen LogP contribution in [0, 0.1) is 16.0 Å². The number of benzene rings is 1. The molecular weight excluding hydrogens is 296 g/mol. The summed E-state index contributed by atoms with van der Waals surface area (Å²) in [6.07, 6.45) is 2.80. The number of carboxylic acids is 1. The number of nitrogens with zero attached hydrogens (tertiary/aromatic N) is 2. The van der Waals surface area contributed by atoms with E-state index < -0.39 is 10.9 Å². The van der Waals surface area contributed by atoms with Crippen LogP contribution in [0.5, 0.6) is 0 Å². The summed E-state index contributed by atoms with van der Waals surface area (Å²) < 4.78 is 0. The molecule has 1 atom stereocenters. The second kappa shape index (κ2) is 6.76. The zero-order chi connectivity index (χ0) is 15.4. The van der Waals surface area contributed by atoms with Gasteiger partial charge in [-0.05, 0) is 31.2 Å². The summed E-state index contributed by atoms with van der Waals surface area (Å²) in [7, 11) is 0. The molecule has 0 amide bonds. The van der Waals surface area contributed by atoms with Crippen molar-refractivity contribution >= 4 is 28.9 Å². The number of halogens is 1. The quantitative estimate of drug-likeness (QED) is 0.666. The van der Waals surface area contributed by atoms with Crippen molar-refractivity contribution in [2.75, 3.05) is 18.0 Å². The zero-order valence-electron chi connectivity index (χ0n) is 11.5. The summed E-state index contributed by atoms with van der Waals surface area (Å²) in [5, 5.41) is 19.8. The molecule has 0 bridgehead atoms. The van der Waals surface area contributed by atoms with Crippen molar-refractivity contribution in [1.82, 2.24) is 0 Å². The number of carboxylic acid groups (broad SMARTS) is 1. The summed E-state index contributed by atoms with van der Waals surface area (Å²) in [4.78, 5) is 23.0. The topological polar surface area (TPSA) is 83.7 Å². The molecule has 1 N–H and O–H groups in total. The number of hydrogen-bond donors (Lipinski definition) is 1. The number of non-ortho nitro benzene ring substituents is 1. The van der Waals surface area contributed by atoms with Gasteiger partial charge in [0.1, 0.15) is 0 Å². The molecule has 0 aliphatic carbocycles. The molecule has 2 rings (SSSR count). The Labute approximate surface area is 127 Å². The Kier molecular flexibility index (Phi) is 5.01. The van der Waals surface area contributed by atoms with E-state index in [1.807, 2.05) is 0 Å². The predicted octanol–water partition coefficient (Wildman–Crippen LogP) is 3.33. The molecule has 1 aliphatic rings. The van der Waals surface area contributed by atoms with Crippen molar-refractivity contribution in [1.29, 1.82) is 0 Å². The molecule has 1 aliphatic heterocycles. The molecule has 1 aromatic carbocycles. The van der Waals surface area contributed by atoms with Crippen LogP contribution in [0.2, 0.25) is 5.02 Å². The van der Waals surface area contributed by atoms with E-state index in [4.69, 9.17) is 16.7 Å². The molecule has 0 aromatic heterocycles. The Hall–Kier alpha value is -1.82. The van der Waals surface area contributed by atoms with Gasteiger partial charge in [0.15, 0.2) is 0 Å². The summed E-state index contributed by atoms with van der Waals surface area (Å²) in [5.41, 5.74) is 0.755. The van der Waals surface area contributed by atoms with E-state index in [1.54, 1.807) is 6.07 Å². The van der Waals surface area contributed by atoms with E-state index in [0.717, 1.165) is 31.6 Å². The summed E-state index contributed by atoms with van der Waals surface area (Å²) in [6, 6.07) is 4.47. The monoisotopic (exact) mass is 312 g/mol. The lowest BCUT2D eigenvalue weighted by atomic mass is 9.93. The first kappa shape index (κ1) is 15.6. The number of rotatable bonds is 5. The fourth-order valence-electron chi connectivity index (χ4n) is 2.71. The minimum atomic E-state index is -0.777. The Morgan fingerprint density at radius 1 is 1.52 bits per heavy atom. The van der Waals surface area contributed by atoms with Crippen LogP contribution >= 0.6 is 11.6 Å². The smallest absolute Gasteiger partial charge is 0.303 e. The van der Waals surface area contributed by atoms with Crippen molar-refractivity contribution in [3.8, 4) is 0 Å². The molecule has 0 saturated carbocycles. The van der Waals surface area contributed by atoms with Crippen LogP contribution in [-0.2, 0) is 4.79 Å². The maximum absolute atomic E-state index is 10.7. The van der Waals surface area contributed by atoms with Gasteiger partial charge in [0.2, 0.25) is 0 Å². The van der Waals surface area contributed by atoms with E-state index >= 15 is 0 Å². The van der Waals surface area contributed by atoms with E-state index in [0.29, 0.717) is 17.4 Å². The van der Waals surface area contributed by atoms with Crippen LogP contribution in [0.4, 0.5) is 11.4 Å². The number of nitro benzene ring substituents is 1. The van der Waals surface area contributed by atoms with Gasteiger partial charge in [0.05, 0.1) is 15.6 Å². The number of piperidine rings is 1. The molecule has 1 heterocycles. The highest BCUT2D eigenvalue weighted by molar-refractivity contribution is 6.33. The molecule has 1 unspecified atom stereocenters. The first-order valence-corrected chi connectivity index (χ1v) is 7.26. The Morgan fingerprint density at radius 2 is 2.29 bits per heavy atom. The van der Waals surface area contributed by atoms with Crippen LogP contribution in [0.25, 0.3) is 0 Å². The van der Waals surface area contributed by atoms with Gasteiger partial charge in [0.25, 0.3) is 5.69 Å². The minimum Gasteiger partial charge on any atom is -0.481 e. The molecule has 1 aromatic rings. The normalized spacial score (nSPS) is 18.5. The Balaban J connectivity index is 2.07. The fourth-order valence-corrected chi connectivity index (χ4v) is 3.01. The van der Waals surface area contributed by atoms with Gasteiger partial charge in [-0.2, -0.15) is 0 Å². The van der Waals surface area contributed by atoms with Gasteiger partial charge in [-0.1, -0.05) is 11.6 Å². The van der Waals surface area contributed by atoms with Crippen molar-refractivity contribution in [2.24, 2.45) is 5.92 Å². The molecule has 114 valence electrons. The lowest BCUT2D eigenvalue weighted by molar-refractivity contribution is -0.384. The molecule has 1 fully saturated rings. The second-order valence-corrected chi connectivity index (χ2v) is 5.69. The zero-order valence-corrected chi connectivity index (χ0v) is 12.3. The first-order valence-electron chi connectivity index (χ1n) is 6.88. The first-order chi connectivity index (χ1) is 9.97. The number of hydrogen-bond acceptors (Lipinski definition) is 4. The third kappa shape index (κ3) is 4.07. The average Bonchev–Trinajstić information content (AvgIpc) is 2.45. The van der Waals surface area contributed by atoms with Crippen LogP contribution < -0.4 is 4.90 Å². The van der Waals surface area contributed by atoms with Gasteiger partial charge < -0.3 is 10.0 Å². The average molecular weight is 313 g/mol. The molecule has 21 heavy (non-hydrogen) atoms. The van der Waals surface area contributed by atoms with E-state index in [2.05, 4.69) is 4.90 Å². The van der Waals surface area contributed by atoms with Crippen LogP contribution in [0.1, 0.15) is 25.7 Å². The molecule has 1 saturated heterocycles. The molecule has 7 heteroatoms. The summed E-state index contributed by atoms with van der Waals surface area (Å²) in [5.74, 6) is -0.457. The SMILES string of the molecule is O=C(O)CCC1CCCN(c2ccc([N+](=O)[O-])cc2Cl)C1. The van der Waals surface area contributed by atoms with Crippen molar-refractivity contribution in [3.63, 3.8) is 0 Å². The number of anilines is 1. The third-order valence-electron chi connectivity index (χ3n) is 3.77. The molecule has 0 radical (unpaired) electrons. The Bertz CT molecular complexity index is 550. The Morgan fingerprint density at radius 3 is 2.90 bits per heavy atom. The van der Waals surface area contributed by atoms with Crippen LogP contribution in [0.3, 0.4) is 0 Å². The molecule has 0 spiro atoms. The highest BCUT2D eigenvalue weighted by Gasteiger charge is 2.23. The van der Waals surface area contributed by atoms with Crippen LogP contribution in [-0.4, -0.2) is 29.1 Å². The number of carbonyl (C=O) groups is 1. The summed E-state index contributed by atoms with van der Waals surface area (Å²) >= 11 is 6.14. The van der Waals surface area contributed by atoms with Crippen molar-refractivity contribution in [3.05, 3.63) is 33.3 Å². The maximum atomic E-state index is 10.7. The largest absolute Gasteiger partial charge is 0.481 e. The van der Waals surface area contributed by atoms with E-state index in [1.165, 1.54) is 12.1 Å². The maximum Gasteiger partial charge on any atom is 0.303 e. The molecule has 6 nitrogen and oxygen atoms in total. The predicted molar refractivity (Wildman–Crippen MR) is 79.9 cm³/mol. The summed E-state index contributed by atoms with van der Waals surface area (Å²) in [6.45, 7) is 1.58. The van der Waals surface area contributed by atoms with Crippen molar-refractivity contribution < 1.29 is 14.8 Å².